The number of halogens is 1. The van der Waals surface area contributed by atoms with Crippen LogP contribution in [0.5, 0.6) is 0 Å². The van der Waals surface area contributed by atoms with E-state index >= 15 is 0 Å². The van der Waals surface area contributed by atoms with E-state index in [1.807, 2.05) is 32.9 Å². The third-order valence-corrected chi connectivity index (χ3v) is 3.66. The first-order valence-electron chi connectivity index (χ1n) is 7.32. The topological polar surface area (TPSA) is 74.8 Å². The first kappa shape index (κ1) is 17.2. The Bertz CT molecular complexity index is 774. The van der Waals surface area contributed by atoms with E-state index < -0.39 is 11.5 Å². The Balaban J connectivity index is 2.19. The number of nitrogens with one attached hydrogen (secondary N) is 2. The number of benzene rings is 1. The number of aromatic nitrogens is 2. The molecule has 2 aromatic rings. The predicted octanol–water partition coefficient (Wildman–Crippen LogP) is 2.96. The molecule has 6 heteroatoms. The number of aryl methyl sites for hydroxylation is 1. The number of aromatic amines is 1. The molecule has 5 nitrogen and oxygen atoms in total. The van der Waals surface area contributed by atoms with Gasteiger partial charge in [-0.1, -0.05) is 44.5 Å². The fraction of sp³-hybridized carbons (Fsp3) is 0.353. The minimum Gasteiger partial charge on any atom is -0.348 e. The van der Waals surface area contributed by atoms with Gasteiger partial charge in [0.2, 0.25) is 0 Å². The summed E-state index contributed by atoms with van der Waals surface area (Å²) in [5, 5.41) is 3.37. The number of nitrogens with zero attached hydrogens (tertiary/aromatic N) is 1. The highest BCUT2D eigenvalue weighted by molar-refractivity contribution is 6.30. The SMILES string of the molecule is Cc1nc(C(C)(C)C)[nH]c(=O)c1C(=O)NCc1ccc(Cl)cc1. The molecule has 0 atom stereocenters. The molecule has 1 aromatic carbocycles. The number of carbonyl (C=O) groups is 1. The van der Waals surface area contributed by atoms with Crippen molar-refractivity contribution in [1.82, 2.24) is 15.3 Å². The largest absolute Gasteiger partial charge is 0.348 e. The van der Waals surface area contributed by atoms with Gasteiger partial charge < -0.3 is 10.3 Å². The van der Waals surface area contributed by atoms with Gasteiger partial charge in [0.15, 0.2) is 0 Å². The molecule has 1 aromatic heterocycles. The fourth-order valence-corrected chi connectivity index (χ4v) is 2.21. The van der Waals surface area contributed by atoms with Crippen LogP contribution in [0.1, 0.15) is 48.2 Å². The summed E-state index contributed by atoms with van der Waals surface area (Å²) in [6, 6.07) is 7.14. The third-order valence-electron chi connectivity index (χ3n) is 3.40. The second-order valence-electron chi connectivity index (χ2n) is 6.43. The van der Waals surface area contributed by atoms with Crippen LogP contribution in [0.3, 0.4) is 0 Å². The van der Waals surface area contributed by atoms with Gasteiger partial charge in [0.25, 0.3) is 11.5 Å². The molecule has 2 rings (SSSR count). The third kappa shape index (κ3) is 4.20. The van der Waals surface area contributed by atoms with Crippen molar-refractivity contribution in [3.8, 4) is 0 Å². The maximum absolute atomic E-state index is 12.3. The van der Waals surface area contributed by atoms with Gasteiger partial charge in [0.05, 0.1) is 5.69 Å². The number of carbonyl (C=O) groups excluding carboxylic acids is 1. The molecule has 0 radical (unpaired) electrons. The zero-order valence-electron chi connectivity index (χ0n) is 13.7. The number of rotatable bonds is 3. The van der Waals surface area contributed by atoms with E-state index in [4.69, 9.17) is 11.6 Å². The molecule has 0 bridgehead atoms. The van der Waals surface area contributed by atoms with Crippen LogP contribution in [0.15, 0.2) is 29.1 Å². The number of hydrogen-bond donors (Lipinski definition) is 2. The van der Waals surface area contributed by atoms with Crippen LogP contribution < -0.4 is 10.9 Å². The summed E-state index contributed by atoms with van der Waals surface area (Å²) in [6.07, 6.45) is 0. The molecule has 0 aliphatic rings. The molecule has 0 aliphatic carbocycles. The van der Waals surface area contributed by atoms with E-state index in [0.29, 0.717) is 23.1 Å². The van der Waals surface area contributed by atoms with Crippen LogP contribution in [0, 0.1) is 6.92 Å². The van der Waals surface area contributed by atoms with E-state index in [1.165, 1.54) is 0 Å². The Hall–Kier alpha value is -2.14. The van der Waals surface area contributed by atoms with Gasteiger partial charge in [0, 0.05) is 17.0 Å². The van der Waals surface area contributed by atoms with Gasteiger partial charge in [-0.15, -0.1) is 0 Å². The minimum absolute atomic E-state index is 0.0481. The first-order chi connectivity index (χ1) is 10.7. The summed E-state index contributed by atoms with van der Waals surface area (Å²) in [4.78, 5) is 31.6. The van der Waals surface area contributed by atoms with Crippen LogP contribution in [0.2, 0.25) is 5.02 Å². The molecule has 0 spiro atoms. The Labute approximate surface area is 140 Å². The molecular weight excluding hydrogens is 314 g/mol. The lowest BCUT2D eigenvalue weighted by atomic mass is 9.95. The van der Waals surface area contributed by atoms with Gasteiger partial charge in [-0.2, -0.15) is 0 Å². The highest BCUT2D eigenvalue weighted by atomic mass is 35.5. The Morgan fingerprint density at radius 2 is 1.87 bits per heavy atom. The van der Waals surface area contributed by atoms with Crippen LogP contribution in [-0.2, 0) is 12.0 Å². The number of H-pyrrole nitrogens is 1. The van der Waals surface area contributed by atoms with E-state index in [-0.39, 0.29) is 11.0 Å². The van der Waals surface area contributed by atoms with Gasteiger partial charge in [-0.05, 0) is 24.6 Å². The van der Waals surface area contributed by atoms with Crippen LogP contribution in [0.4, 0.5) is 0 Å². The quantitative estimate of drug-likeness (QED) is 0.906. The lowest BCUT2D eigenvalue weighted by molar-refractivity contribution is 0.0948. The number of hydrogen-bond acceptors (Lipinski definition) is 3. The zero-order chi connectivity index (χ0) is 17.2. The second-order valence-corrected chi connectivity index (χ2v) is 6.87. The average molecular weight is 334 g/mol. The summed E-state index contributed by atoms with van der Waals surface area (Å²) in [5.74, 6) is 0.126. The maximum atomic E-state index is 12.3. The van der Waals surface area contributed by atoms with Crippen LogP contribution in [-0.4, -0.2) is 15.9 Å². The highest BCUT2D eigenvalue weighted by Crippen LogP contribution is 2.17. The highest BCUT2D eigenvalue weighted by Gasteiger charge is 2.21. The van der Waals surface area contributed by atoms with Crippen molar-refractivity contribution in [2.75, 3.05) is 0 Å². The van der Waals surface area contributed by atoms with Crippen molar-refractivity contribution in [3.05, 3.63) is 62.3 Å². The smallest absolute Gasteiger partial charge is 0.264 e. The van der Waals surface area contributed by atoms with Crippen molar-refractivity contribution in [2.24, 2.45) is 0 Å². The monoisotopic (exact) mass is 333 g/mol. The van der Waals surface area contributed by atoms with Crippen LogP contribution >= 0.6 is 11.6 Å². The van der Waals surface area contributed by atoms with E-state index in [9.17, 15) is 9.59 Å². The van der Waals surface area contributed by atoms with Crippen molar-refractivity contribution in [2.45, 2.75) is 39.7 Å². The number of amides is 1. The van der Waals surface area contributed by atoms with Gasteiger partial charge in [0.1, 0.15) is 11.4 Å². The van der Waals surface area contributed by atoms with Gasteiger partial charge >= 0.3 is 0 Å². The van der Waals surface area contributed by atoms with Gasteiger partial charge in [-0.3, -0.25) is 9.59 Å². The molecule has 0 fully saturated rings. The first-order valence-corrected chi connectivity index (χ1v) is 7.70. The summed E-state index contributed by atoms with van der Waals surface area (Å²) < 4.78 is 0. The van der Waals surface area contributed by atoms with Crippen LogP contribution in [0.25, 0.3) is 0 Å². The van der Waals surface area contributed by atoms with E-state index in [0.717, 1.165) is 5.56 Å². The summed E-state index contributed by atoms with van der Waals surface area (Å²) in [7, 11) is 0. The van der Waals surface area contributed by atoms with E-state index in [2.05, 4.69) is 15.3 Å². The lowest BCUT2D eigenvalue weighted by Crippen LogP contribution is -2.33. The van der Waals surface area contributed by atoms with Crippen molar-refractivity contribution in [3.63, 3.8) is 0 Å². The Kier molecular flexibility index (Phi) is 4.90. The molecule has 1 amide bonds. The molecule has 1 heterocycles. The molecule has 0 saturated carbocycles. The molecule has 0 aliphatic heterocycles. The molecule has 23 heavy (non-hydrogen) atoms. The normalized spacial score (nSPS) is 11.3. The minimum atomic E-state index is -0.438. The lowest BCUT2D eigenvalue weighted by Gasteiger charge is -2.18. The fourth-order valence-electron chi connectivity index (χ4n) is 2.08. The molecule has 122 valence electrons. The second kappa shape index (κ2) is 6.54. The molecule has 2 N–H and O–H groups in total. The standard InChI is InChI=1S/C17H20ClN3O2/c1-10-13(15(23)21-16(20-10)17(2,3)4)14(22)19-9-11-5-7-12(18)8-6-11/h5-8H,9H2,1-4H3,(H,19,22)(H,20,21,23). The predicted molar refractivity (Wildman–Crippen MR) is 90.9 cm³/mol. The summed E-state index contributed by atoms with van der Waals surface area (Å²) >= 11 is 5.82. The average Bonchev–Trinajstić information content (AvgIpc) is 2.45. The Morgan fingerprint density at radius 1 is 1.26 bits per heavy atom. The molecule has 0 unspecified atom stereocenters. The maximum Gasteiger partial charge on any atom is 0.264 e. The summed E-state index contributed by atoms with van der Waals surface area (Å²) in [5.41, 5.74) is 0.661. The van der Waals surface area contributed by atoms with Gasteiger partial charge in [-0.25, -0.2) is 4.98 Å². The molecule has 0 saturated heterocycles. The van der Waals surface area contributed by atoms with Crippen molar-refractivity contribution < 1.29 is 4.79 Å². The van der Waals surface area contributed by atoms with E-state index in [1.54, 1.807) is 19.1 Å². The summed E-state index contributed by atoms with van der Waals surface area (Å²) in [6.45, 7) is 7.83. The van der Waals surface area contributed by atoms with Crippen molar-refractivity contribution >= 4 is 17.5 Å². The molecular formula is C17H20ClN3O2. The zero-order valence-corrected chi connectivity index (χ0v) is 14.4. The Morgan fingerprint density at radius 3 is 2.39 bits per heavy atom. The van der Waals surface area contributed by atoms with Crippen molar-refractivity contribution in [1.29, 1.82) is 0 Å².